The summed E-state index contributed by atoms with van der Waals surface area (Å²) in [4.78, 5) is 2.62. The third-order valence-electron chi connectivity index (χ3n) is 10.7. The quantitative estimate of drug-likeness (QED) is 0.116. The summed E-state index contributed by atoms with van der Waals surface area (Å²) in [5.41, 5.74) is 17.9. The first-order chi connectivity index (χ1) is 25.0. The Bertz CT molecular complexity index is 2170. The molecular formula is C50H45N. The van der Waals surface area contributed by atoms with Crippen LogP contribution in [-0.4, -0.2) is 6.04 Å². The van der Waals surface area contributed by atoms with Gasteiger partial charge in [0.1, 0.15) is 0 Å². The van der Waals surface area contributed by atoms with Crippen LogP contribution in [0.5, 0.6) is 0 Å². The van der Waals surface area contributed by atoms with Crippen LogP contribution >= 0.6 is 0 Å². The molecule has 6 aromatic carbocycles. The summed E-state index contributed by atoms with van der Waals surface area (Å²) in [7, 11) is 0. The van der Waals surface area contributed by atoms with Crippen molar-refractivity contribution >= 4 is 34.7 Å². The lowest BCUT2D eigenvalue weighted by Gasteiger charge is -2.27. The van der Waals surface area contributed by atoms with Gasteiger partial charge in [-0.2, -0.15) is 0 Å². The van der Waals surface area contributed by atoms with Crippen LogP contribution in [0.15, 0.2) is 158 Å². The maximum atomic E-state index is 2.62. The number of nitrogens with zero attached hydrogens (tertiary/aromatic N) is 1. The SMILES string of the molecule is Cc1ccc(C(=C/C=C/c2ccc(N3c4ccc(/C=C(\c5ccccc5)c5ccc(C)cc5)cc4C4CCCC43)cc2)c2ccc(C)cc2)cc1. The number of hydrogen-bond acceptors (Lipinski definition) is 1. The molecule has 1 nitrogen and oxygen atoms in total. The summed E-state index contributed by atoms with van der Waals surface area (Å²) in [6, 6.07) is 54.2. The molecule has 0 radical (unpaired) electrons. The van der Waals surface area contributed by atoms with Gasteiger partial charge >= 0.3 is 0 Å². The molecule has 2 aliphatic rings. The summed E-state index contributed by atoms with van der Waals surface area (Å²) in [5, 5.41) is 0. The van der Waals surface area contributed by atoms with E-state index in [-0.39, 0.29) is 0 Å². The van der Waals surface area contributed by atoms with E-state index in [1.165, 1.54) is 97.4 Å². The van der Waals surface area contributed by atoms with E-state index < -0.39 is 0 Å². The summed E-state index contributed by atoms with van der Waals surface area (Å²) < 4.78 is 0. The monoisotopic (exact) mass is 659 g/mol. The fourth-order valence-electron chi connectivity index (χ4n) is 7.98. The molecule has 0 spiro atoms. The number of fused-ring (bicyclic) bond motifs is 3. The van der Waals surface area contributed by atoms with Gasteiger partial charge < -0.3 is 4.90 Å². The summed E-state index contributed by atoms with van der Waals surface area (Å²) in [6.45, 7) is 6.43. The lowest BCUT2D eigenvalue weighted by Crippen LogP contribution is -2.26. The van der Waals surface area contributed by atoms with Gasteiger partial charge in [0.25, 0.3) is 0 Å². The second kappa shape index (κ2) is 14.3. The van der Waals surface area contributed by atoms with E-state index in [2.05, 4.69) is 196 Å². The molecule has 250 valence electrons. The molecule has 2 atom stereocenters. The van der Waals surface area contributed by atoms with Crippen LogP contribution in [0.2, 0.25) is 0 Å². The van der Waals surface area contributed by atoms with Crippen molar-refractivity contribution in [3.63, 3.8) is 0 Å². The molecular weight excluding hydrogens is 615 g/mol. The normalized spacial score (nSPS) is 16.7. The van der Waals surface area contributed by atoms with Gasteiger partial charge in [0.2, 0.25) is 0 Å². The molecule has 1 fully saturated rings. The molecule has 1 saturated carbocycles. The Morgan fingerprint density at radius 2 is 1.10 bits per heavy atom. The highest BCUT2D eigenvalue weighted by molar-refractivity contribution is 5.92. The van der Waals surface area contributed by atoms with Gasteiger partial charge in [-0.05, 0) is 114 Å². The lowest BCUT2D eigenvalue weighted by atomic mass is 9.92. The largest absolute Gasteiger partial charge is 0.338 e. The van der Waals surface area contributed by atoms with E-state index in [1.807, 2.05) is 0 Å². The van der Waals surface area contributed by atoms with Crippen molar-refractivity contribution in [2.75, 3.05) is 4.90 Å². The molecule has 1 aliphatic carbocycles. The van der Waals surface area contributed by atoms with E-state index in [1.54, 1.807) is 0 Å². The molecule has 1 heteroatoms. The molecule has 2 unspecified atom stereocenters. The van der Waals surface area contributed by atoms with E-state index in [0.29, 0.717) is 12.0 Å². The first-order valence-corrected chi connectivity index (χ1v) is 18.4. The maximum absolute atomic E-state index is 2.62. The number of aryl methyl sites for hydroxylation is 3. The predicted octanol–water partition coefficient (Wildman–Crippen LogP) is 13.1. The van der Waals surface area contributed by atoms with Gasteiger partial charge in [0, 0.05) is 23.3 Å². The molecule has 6 aromatic rings. The Kier molecular flexibility index (Phi) is 9.12. The van der Waals surface area contributed by atoms with Crippen molar-refractivity contribution in [2.24, 2.45) is 0 Å². The van der Waals surface area contributed by atoms with Crippen molar-refractivity contribution in [1.82, 2.24) is 0 Å². The number of hydrogen-bond donors (Lipinski definition) is 0. The van der Waals surface area contributed by atoms with Crippen molar-refractivity contribution in [3.8, 4) is 0 Å². The first kappa shape index (κ1) is 32.5. The highest BCUT2D eigenvalue weighted by Gasteiger charge is 2.42. The first-order valence-electron chi connectivity index (χ1n) is 18.4. The zero-order valence-corrected chi connectivity index (χ0v) is 29.9. The van der Waals surface area contributed by atoms with Crippen LogP contribution in [0.25, 0.3) is 23.3 Å². The molecule has 1 aliphatic heterocycles. The van der Waals surface area contributed by atoms with E-state index >= 15 is 0 Å². The van der Waals surface area contributed by atoms with E-state index in [4.69, 9.17) is 0 Å². The Morgan fingerprint density at radius 3 is 1.71 bits per heavy atom. The number of anilines is 2. The highest BCUT2D eigenvalue weighted by atomic mass is 15.2. The summed E-state index contributed by atoms with van der Waals surface area (Å²) >= 11 is 0. The number of rotatable bonds is 8. The Labute approximate surface area is 304 Å². The fourth-order valence-corrected chi connectivity index (χ4v) is 7.98. The van der Waals surface area contributed by atoms with E-state index in [0.717, 1.165) is 0 Å². The Hall–Kier alpha value is -5.66. The lowest BCUT2D eigenvalue weighted by molar-refractivity contribution is 0.642. The minimum atomic E-state index is 0.515. The van der Waals surface area contributed by atoms with Gasteiger partial charge in [-0.1, -0.05) is 163 Å². The number of benzene rings is 6. The minimum absolute atomic E-state index is 0.515. The van der Waals surface area contributed by atoms with Crippen LogP contribution in [0.4, 0.5) is 11.4 Å². The number of allylic oxidation sites excluding steroid dienone is 2. The average Bonchev–Trinajstić information content (AvgIpc) is 3.76. The van der Waals surface area contributed by atoms with Gasteiger partial charge in [0.15, 0.2) is 0 Å². The van der Waals surface area contributed by atoms with Crippen LogP contribution in [0, 0.1) is 20.8 Å². The molecule has 0 aromatic heterocycles. The minimum Gasteiger partial charge on any atom is -0.338 e. The Morgan fingerprint density at radius 1 is 0.549 bits per heavy atom. The molecule has 0 amide bonds. The van der Waals surface area contributed by atoms with Gasteiger partial charge in [-0.25, -0.2) is 0 Å². The van der Waals surface area contributed by atoms with E-state index in [9.17, 15) is 0 Å². The standard InChI is InChI=1S/C50H45N/c1-35-15-24-41(25-16-35)45(42-26-17-36(2)18-27-42)12-7-9-38-21-30-44(31-22-38)51-49-14-8-13-46(49)48-34-39(23-32-50(48)51)33-47(40-10-5-4-6-11-40)43-28-19-37(3)20-29-43/h4-7,9-12,15-34,46,49H,8,13-14H2,1-3H3/b9-7+,47-33+. The fraction of sp³-hybridized carbons (Fsp3) is 0.160. The van der Waals surface area contributed by atoms with Gasteiger partial charge in [-0.3, -0.25) is 0 Å². The second-order valence-corrected chi connectivity index (χ2v) is 14.3. The molecule has 0 N–H and O–H groups in total. The van der Waals surface area contributed by atoms with Crippen molar-refractivity contribution in [3.05, 3.63) is 213 Å². The van der Waals surface area contributed by atoms with Gasteiger partial charge in [-0.15, -0.1) is 0 Å². The summed E-state index contributed by atoms with van der Waals surface area (Å²) in [5.74, 6) is 0.569. The maximum Gasteiger partial charge on any atom is 0.0450 e. The molecule has 1 heterocycles. The van der Waals surface area contributed by atoms with Crippen LogP contribution in [-0.2, 0) is 0 Å². The Balaban J connectivity index is 1.08. The third-order valence-corrected chi connectivity index (χ3v) is 10.7. The topological polar surface area (TPSA) is 3.24 Å². The molecule has 0 bridgehead atoms. The smallest absolute Gasteiger partial charge is 0.0450 e. The van der Waals surface area contributed by atoms with Crippen molar-refractivity contribution < 1.29 is 0 Å². The molecule has 8 rings (SSSR count). The second-order valence-electron chi connectivity index (χ2n) is 14.3. The van der Waals surface area contributed by atoms with Crippen LogP contribution < -0.4 is 4.90 Å². The predicted molar refractivity (Wildman–Crippen MR) is 218 cm³/mol. The summed E-state index contributed by atoms with van der Waals surface area (Å²) in [6.07, 6.45) is 12.8. The van der Waals surface area contributed by atoms with Crippen LogP contribution in [0.1, 0.15) is 80.8 Å². The zero-order valence-electron chi connectivity index (χ0n) is 29.9. The highest BCUT2D eigenvalue weighted by Crippen LogP contribution is 2.52. The van der Waals surface area contributed by atoms with Crippen molar-refractivity contribution in [2.45, 2.75) is 52.0 Å². The molecule has 51 heavy (non-hydrogen) atoms. The zero-order chi connectivity index (χ0) is 34.7. The molecule has 0 saturated heterocycles. The van der Waals surface area contributed by atoms with Crippen molar-refractivity contribution in [1.29, 1.82) is 0 Å². The average molecular weight is 660 g/mol. The third kappa shape index (κ3) is 6.90. The van der Waals surface area contributed by atoms with Crippen LogP contribution in [0.3, 0.4) is 0 Å². The van der Waals surface area contributed by atoms with Gasteiger partial charge in [0.05, 0.1) is 0 Å².